The summed E-state index contributed by atoms with van der Waals surface area (Å²) in [5, 5.41) is 3.45. The molecule has 0 aliphatic carbocycles. The molecule has 0 bridgehead atoms. The molecule has 0 saturated carbocycles. The third-order valence-electron chi connectivity index (χ3n) is 4.11. The zero-order valence-corrected chi connectivity index (χ0v) is 12.6. The van der Waals surface area contributed by atoms with Crippen LogP contribution in [0.4, 0.5) is 0 Å². The number of hydrogen-bond acceptors (Lipinski definition) is 3. The highest BCUT2D eigenvalue weighted by Gasteiger charge is 2.25. The van der Waals surface area contributed by atoms with Crippen molar-refractivity contribution in [3.63, 3.8) is 0 Å². The summed E-state index contributed by atoms with van der Waals surface area (Å²) >= 11 is 0. The van der Waals surface area contributed by atoms with Gasteiger partial charge in [0.15, 0.2) is 0 Å². The smallest absolute Gasteiger partial charge is 0.238 e. The molecule has 1 aliphatic rings. The number of likely N-dealkylation sites (N-methyl/N-ethyl adjacent to an activating group) is 1. The Kier molecular flexibility index (Phi) is 6.09. The van der Waals surface area contributed by atoms with Crippen molar-refractivity contribution in [2.45, 2.75) is 45.7 Å². The molecule has 1 fully saturated rings. The lowest BCUT2D eigenvalue weighted by molar-refractivity contribution is -0.130. The van der Waals surface area contributed by atoms with Crippen LogP contribution in [0.2, 0.25) is 0 Å². The lowest BCUT2D eigenvalue weighted by Crippen LogP contribution is -2.49. The van der Waals surface area contributed by atoms with Crippen LogP contribution in [0.25, 0.3) is 0 Å². The highest BCUT2D eigenvalue weighted by atomic mass is 16.2. The lowest BCUT2D eigenvalue weighted by Gasteiger charge is -2.35. The summed E-state index contributed by atoms with van der Waals surface area (Å²) in [6.07, 6.45) is 2.48. The Labute approximate surface area is 112 Å². The fourth-order valence-corrected chi connectivity index (χ4v) is 2.76. The molecule has 2 atom stereocenters. The molecule has 4 heteroatoms. The van der Waals surface area contributed by atoms with E-state index >= 15 is 0 Å². The van der Waals surface area contributed by atoms with Crippen molar-refractivity contribution in [2.75, 3.05) is 33.7 Å². The van der Waals surface area contributed by atoms with Crippen molar-refractivity contribution >= 4 is 5.91 Å². The Morgan fingerprint density at radius 1 is 1.33 bits per heavy atom. The van der Waals surface area contributed by atoms with Gasteiger partial charge in [-0.05, 0) is 52.2 Å². The van der Waals surface area contributed by atoms with Crippen LogP contribution >= 0.6 is 0 Å². The fraction of sp³-hybridized carbons (Fsp3) is 0.929. The Hall–Kier alpha value is -0.610. The first-order chi connectivity index (χ1) is 8.45. The molecule has 2 unspecified atom stereocenters. The minimum atomic E-state index is -0.0841. The van der Waals surface area contributed by atoms with E-state index < -0.39 is 0 Å². The molecule has 0 spiro atoms. The zero-order chi connectivity index (χ0) is 13.7. The summed E-state index contributed by atoms with van der Waals surface area (Å²) in [5.74, 6) is 0.859. The molecular formula is C14H29N3O. The second-order valence-electron chi connectivity index (χ2n) is 5.68. The van der Waals surface area contributed by atoms with Crippen molar-refractivity contribution in [2.24, 2.45) is 5.92 Å². The maximum atomic E-state index is 11.8. The van der Waals surface area contributed by atoms with Crippen molar-refractivity contribution in [3.8, 4) is 0 Å². The number of hydrogen-bond donors (Lipinski definition) is 1. The van der Waals surface area contributed by atoms with E-state index in [0.717, 1.165) is 6.54 Å². The molecule has 1 heterocycles. The van der Waals surface area contributed by atoms with Gasteiger partial charge in [-0.25, -0.2) is 0 Å². The Morgan fingerprint density at radius 2 is 1.89 bits per heavy atom. The van der Waals surface area contributed by atoms with Gasteiger partial charge in [0, 0.05) is 20.1 Å². The lowest BCUT2D eigenvalue weighted by atomic mass is 9.90. The second kappa shape index (κ2) is 7.10. The van der Waals surface area contributed by atoms with Gasteiger partial charge in [-0.15, -0.1) is 0 Å². The predicted octanol–water partition coefficient (Wildman–Crippen LogP) is 1.17. The van der Waals surface area contributed by atoms with E-state index in [9.17, 15) is 4.79 Å². The molecule has 0 aromatic heterocycles. The SMILES string of the molecule is CCN1CCC(C(C)NC(C)C(=O)N(C)C)CC1. The minimum Gasteiger partial charge on any atom is -0.347 e. The van der Waals surface area contributed by atoms with Crippen LogP contribution in [-0.4, -0.2) is 61.5 Å². The largest absolute Gasteiger partial charge is 0.347 e. The van der Waals surface area contributed by atoms with E-state index in [4.69, 9.17) is 0 Å². The molecule has 0 aromatic carbocycles. The third kappa shape index (κ3) is 4.25. The van der Waals surface area contributed by atoms with Crippen LogP contribution in [0.5, 0.6) is 0 Å². The van der Waals surface area contributed by atoms with E-state index in [1.807, 2.05) is 21.0 Å². The molecular weight excluding hydrogens is 226 g/mol. The van der Waals surface area contributed by atoms with Crippen molar-refractivity contribution in [1.82, 2.24) is 15.1 Å². The van der Waals surface area contributed by atoms with Gasteiger partial charge in [-0.2, -0.15) is 0 Å². The van der Waals surface area contributed by atoms with Crippen LogP contribution in [0, 0.1) is 5.92 Å². The number of likely N-dealkylation sites (tertiary alicyclic amines) is 1. The van der Waals surface area contributed by atoms with Crippen LogP contribution in [0.15, 0.2) is 0 Å². The monoisotopic (exact) mass is 255 g/mol. The zero-order valence-electron chi connectivity index (χ0n) is 12.6. The summed E-state index contributed by atoms with van der Waals surface area (Å²) in [6.45, 7) is 9.95. The van der Waals surface area contributed by atoms with Crippen LogP contribution in [0.1, 0.15) is 33.6 Å². The first-order valence-electron chi connectivity index (χ1n) is 7.15. The highest BCUT2D eigenvalue weighted by Crippen LogP contribution is 2.20. The summed E-state index contributed by atoms with van der Waals surface area (Å²) in [6, 6.07) is 0.335. The summed E-state index contributed by atoms with van der Waals surface area (Å²) in [5.41, 5.74) is 0. The van der Waals surface area contributed by atoms with Gasteiger partial charge in [-0.3, -0.25) is 4.79 Å². The maximum absolute atomic E-state index is 11.8. The number of piperidine rings is 1. The molecule has 18 heavy (non-hydrogen) atoms. The van der Waals surface area contributed by atoms with Crippen molar-refractivity contribution in [3.05, 3.63) is 0 Å². The van der Waals surface area contributed by atoms with E-state index in [0.29, 0.717) is 12.0 Å². The molecule has 1 aliphatic heterocycles. The molecule has 1 rings (SSSR count). The standard InChI is InChI=1S/C14H29N3O/c1-6-17-9-7-13(8-10-17)11(2)15-12(3)14(18)16(4)5/h11-13,15H,6-10H2,1-5H3. The quantitative estimate of drug-likeness (QED) is 0.801. The van der Waals surface area contributed by atoms with Gasteiger partial charge in [0.25, 0.3) is 0 Å². The van der Waals surface area contributed by atoms with Gasteiger partial charge in [-0.1, -0.05) is 6.92 Å². The van der Waals surface area contributed by atoms with Crippen LogP contribution < -0.4 is 5.32 Å². The molecule has 1 amide bonds. The average Bonchev–Trinajstić information content (AvgIpc) is 2.37. The summed E-state index contributed by atoms with van der Waals surface area (Å²) in [7, 11) is 3.62. The Morgan fingerprint density at radius 3 is 2.33 bits per heavy atom. The molecule has 0 radical (unpaired) electrons. The Balaban J connectivity index is 2.37. The fourth-order valence-electron chi connectivity index (χ4n) is 2.76. The van der Waals surface area contributed by atoms with Crippen LogP contribution in [-0.2, 0) is 4.79 Å². The number of nitrogens with zero attached hydrogens (tertiary/aromatic N) is 2. The van der Waals surface area contributed by atoms with Gasteiger partial charge < -0.3 is 15.1 Å². The first-order valence-corrected chi connectivity index (χ1v) is 7.15. The predicted molar refractivity (Wildman–Crippen MR) is 75.6 cm³/mol. The average molecular weight is 255 g/mol. The maximum Gasteiger partial charge on any atom is 0.238 e. The Bertz CT molecular complexity index is 260. The third-order valence-corrected chi connectivity index (χ3v) is 4.11. The molecule has 0 aromatic rings. The topological polar surface area (TPSA) is 35.6 Å². The highest BCUT2D eigenvalue weighted by molar-refractivity contribution is 5.80. The van der Waals surface area contributed by atoms with Crippen LogP contribution in [0.3, 0.4) is 0 Å². The first kappa shape index (κ1) is 15.4. The van der Waals surface area contributed by atoms with Gasteiger partial charge in [0.05, 0.1) is 6.04 Å². The summed E-state index contributed by atoms with van der Waals surface area (Å²) in [4.78, 5) is 16.0. The van der Waals surface area contributed by atoms with Gasteiger partial charge in [0.1, 0.15) is 0 Å². The minimum absolute atomic E-state index is 0.0841. The molecule has 106 valence electrons. The van der Waals surface area contributed by atoms with Crippen molar-refractivity contribution in [1.29, 1.82) is 0 Å². The van der Waals surface area contributed by atoms with E-state index in [-0.39, 0.29) is 11.9 Å². The van der Waals surface area contributed by atoms with E-state index in [1.165, 1.54) is 25.9 Å². The number of rotatable bonds is 5. The normalized spacial score (nSPS) is 21.6. The number of amides is 1. The number of carbonyl (C=O) groups excluding carboxylic acids is 1. The number of carbonyl (C=O) groups is 1. The van der Waals surface area contributed by atoms with E-state index in [2.05, 4.69) is 24.1 Å². The number of nitrogens with one attached hydrogen (secondary N) is 1. The molecule has 1 saturated heterocycles. The van der Waals surface area contributed by atoms with Crippen molar-refractivity contribution < 1.29 is 4.79 Å². The van der Waals surface area contributed by atoms with Gasteiger partial charge >= 0.3 is 0 Å². The molecule has 1 N–H and O–H groups in total. The van der Waals surface area contributed by atoms with E-state index in [1.54, 1.807) is 4.90 Å². The molecule has 4 nitrogen and oxygen atoms in total. The van der Waals surface area contributed by atoms with Gasteiger partial charge in [0.2, 0.25) is 5.91 Å². The summed E-state index contributed by atoms with van der Waals surface area (Å²) < 4.78 is 0. The second-order valence-corrected chi connectivity index (χ2v) is 5.68.